The van der Waals surface area contributed by atoms with Gasteiger partial charge in [-0.3, -0.25) is 0 Å². The van der Waals surface area contributed by atoms with E-state index < -0.39 is 0 Å². The molecule has 0 bridgehead atoms. The van der Waals surface area contributed by atoms with Crippen molar-refractivity contribution >= 4 is 17.3 Å². The summed E-state index contributed by atoms with van der Waals surface area (Å²) in [4.78, 5) is 17.9. The summed E-state index contributed by atoms with van der Waals surface area (Å²) >= 11 is 6.16. The predicted octanol–water partition coefficient (Wildman–Crippen LogP) is 4.76. The minimum Gasteiger partial charge on any atom is -0.489 e. The first-order valence-electron chi connectivity index (χ1n) is 11.1. The average molecular weight is 492 g/mol. The van der Waals surface area contributed by atoms with Gasteiger partial charge in [-0.1, -0.05) is 47.1 Å². The smallest absolute Gasteiger partial charge is 0.368 e. The van der Waals surface area contributed by atoms with E-state index in [1.54, 1.807) is 7.05 Å². The lowest BCUT2D eigenvalue weighted by Crippen LogP contribution is -2.23. The van der Waals surface area contributed by atoms with E-state index in [1.807, 2.05) is 81.4 Å². The molecule has 0 N–H and O–H groups in total. The number of hydrogen-bond donors (Lipinski definition) is 0. The van der Waals surface area contributed by atoms with Crippen LogP contribution in [0.5, 0.6) is 5.75 Å². The second-order valence-corrected chi connectivity index (χ2v) is 8.59. The monoisotopic (exact) mass is 491 g/mol. The maximum absolute atomic E-state index is 12.4. The van der Waals surface area contributed by atoms with E-state index in [-0.39, 0.29) is 12.3 Å². The number of aromatic nitrogens is 4. The highest BCUT2D eigenvalue weighted by Gasteiger charge is 2.14. The molecule has 0 saturated carbocycles. The first kappa shape index (κ1) is 24.2. The van der Waals surface area contributed by atoms with Crippen LogP contribution in [-0.2, 0) is 25.1 Å². The zero-order valence-electron chi connectivity index (χ0n) is 20.0. The highest BCUT2D eigenvalue weighted by molar-refractivity contribution is 6.31. The fourth-order valence-corrected chi connectivity index (χ4v) is 3.78. The molecule has 0 saturated heterocycles. The molecule has 0 fully saturated rings. The molecule has 180 valence electrons. The third-order valence-corrected chi connectivity index (χ3v) is 6.05. The highest BCUT2D eigenvalue weighted by Crippen LogP contribution is 2.24. The molecule has 8 nitrogen and oxygen atoms in total. The number of aryl methyl sites for hydroxylation is 3. The van der Waals surface area contributed by atoms with Crippen molar-refractivity contribution in [2.24, 2.45) is 12.2 Å². The lowest BCUT2D eigenvalue weighted by atomic mass is 10.1. The molecule has 35 heavy (non-hydrogen) atoms. The topological polar surface area (TPSA) is 83.5 Å². The summed E-state index contributed by atoms with van der Waals surface area (Å²) in [6.45, 7) is 6.41. The number of benzene rings is 3. The fraction of sp³-hybridized carbons (Fsp3) is 0.231. The summed E-state index contributed by atoms with van der Waals surface area (Å²) < 4.78 is 8.62. The molecule has 0 amide bonds. The number of hydrogen-bond acceptors (Lipinski definition) is 6. The lowest BCUT2D eigenvalue weighted by Gasteiger charge is -2.15. The molecule has 3 aromatic carbocycles. The van der Waals surface area contributed by atoms with Gasteiger partial charge in [-0.25, -0.2) is 4.79 Å². The number of nitrogens with zero attached hydrogens (tertiary/aromatic N) is 5. The quantitative estimate of drug-likeness (QED) is 0.262. The van der Waals surface area contributed by atoms with Crippen LogP contribution < -0.4 is 10.4 Å². The van der Waals surface area contributed by atoms with E-state index in [2.05, 4.69) is 15.6 Å². The Balaban J connectivity index is 1.47. The summed E-state index contributed by atoms with van der Waals surface area (Å²) in [6, 6.07) is 19.0. The Morgan fingerprint density at radius 1 is 1.00 bits per heavy atom. The van der Waals surface area contributed by atoms with Crippen LogP contribution in [0.1, 0.15) is 34.7 Å². The van der Waals surface area contributed by atoms with Gasteiger partial charge in [-0.05, 0) is 78.2 Å². The summed E-state index contributed by atoms with van der Waals surface area (Å²) in [5.41, 5.74) is 5.70. The molecule has 0 aliphatic heterocycles. The predicted molar refractivity (Wildman–Crippen MR) is 135 cm³/mol. The minimum atomic E-state index is -0.316. The van der Waals surface area contributed by atoms with Crippen LogP contribution in [0.4, 0.5) is 0 Å². The molecule has 4 aromatic rings. The Morgan fingerprint density at radius 2 is 1.80 bits per heavy atom. The highest BCUT2D eigenvalue weighted by atomic mass is 35.5. The van der Waals surface area contributed by atoms with Crippen LogP contribution in [-0.4, -0.2) is 25.5 Å². The molecule has 0 atom stereocenters. The third kappa shape index (κ3) is 5.44. The van der Waals surface area contributed by atoms with Crippen LogP contribution in [0.2, 0.25) is 5.02 Å². The van der Waals surface area contributed by atoms with Gasteiger partial charge >= 0.3 is 5.69 Å². The second kappa shape index (κ2) is 10.6. The summed E-state index contributed by atoms with van der Waals surface area (Å²) in [6.07, 6.45) is 0. The zero-order valence-corrected chi connectivity index (χ0v) is 20.8. The SMILES string of the molecule is C/C(=N/OCc1ccccc1Cl)c1ccc(OCc2c(C)cccc2-n2nnn(C)c2=O)c(C)c1. The van der Waals surface area contributed by atoms with Gasteiger partial charge in [0.05, 0.1) is 11.4 Å². The van der Waals surface area contributed by atoms with Crippen LogP contribution in [0.25, 0.3) is 5.69 Å². The summed E-state index contributed by atoms with van der Waals surface area (Å²) in [7, 11) is 1.57. The number of oxime groups is 1. The van der Waals surface area contributed by atoms with Crippen molar-refractivity contribution in [3.05, 3.63) is 104 Å². The van der Waals surface area contributed by atoms with Crippen LogP contribution >= 0.6 is 11.6 Å². The van der Waals surface area contributed by atoms with Crippen molar-refractivity contribution in [1.29, 1.82) is 0 Å². The molecule has 0 aliphatic rings. The fourth-order valence-electron chi connectivity index (χ4n) is 3.59. The van der Waals surface area contributed by atoms with Crippen molar-refractivity contribution in [3.8, 4) is 11.4 Å². The molecule has 0 unspecified atom stereocenters. The Hall–Kier alpha value is -3.91. The van der Waals surface area contributed by atoms with Gasteiger partial charge in [0.25, 0.3) is 0 Å². The van der Waals surface area contributed by atoms with Crippen molar-refractivity contribution < 1.29 is 9.57 Å². The van der Waals surface area contributed by atoms with Gasteiger partial charge in [0, 0.05) is 23.2 Å². The molecule has 1 heterocycles. The first-order valence-corrected chi connectivity index (χ1v) is 11.4. The maximum atomic E-state index is 12.4. The van der Waals surface area contributed by atoms with Crippen LogP contribution in [0, 0.1) is 13.8 Å². The summed E-state index contributed by atoms with van der Waals surface area (Å²) in [5, 5.41) is 12.7. The maximum Gasteiger partial charge on any atom is 0.368 e. The second-order valence-electron chi connectivity index (χ2n) is 8.18. The molecule has 4 rings (SSSR count). The van der Waals surface area contributed by atoms with E-state index in [9.17, 15) is 4.79 Å². The normalized spacial score (nSPS) is 11.5. The van der Waals surface area contributed by atoms with Crippen molar-refractivity contribution in [2.45, 2.75) is 34.0 Å². The molecule has 0 radical (unpaired) electrons. The third-order valence-electron chi connectivity index (χ3n) is 5.68. The number of rotatable bonds is 8. The standard InChI is InChI=1S/C26H26ClN5O3/c1-17-8-7-11-24(32-26(33)31(4)29-30-32)22(17)16-34-25-13-12-20(14-18(25)2)19(3)28-35-15-21-9-5-6-10-23(21)27/h5-14H,15-16H2,1-4H3/b28-19-. The number of ether oxygens (including phenoxy) is 1. The van der Waals surface area contributed by atoms with Crippen molar-refractivity contribution in [3.63, 3.8) is 0 Å². The Morgan fingerprint density at radius 3 is 2.51 bits per heavy atom. The largest absolute Gasteiger partial charge is 0.489 e. The first-order chi connectivity index (χ1) is 16.8. The van der Waals surface area contributed by atoms with E-state index in [1.165, 1.54) is 9.36 Å². The van der Waals surface area contributed by atoms with Crippen LogP contribution in [0.15, 0.2) is 70.6 Å². The van der Waals surface area contributed by atoms with E-state index in [0.29, 0.717) is 17.3 Å². The number of halogens is 1. The molecule has 0 spiro atoms. The summed E-state index contributed by atoms with van der Waals surface area (Å²) in [5.74, 6) is 0.735. The van der Waals surface area contributed by atoms with Crippen molar-refractivity contribution in [2.75, 3.05) is 0 Å². The van der Waals surface area contributed by atoms with Gasteiger partial charge in [0.15, 0.2) is 0 Å². The number of tetrazole rings is 1. The molecule has 9 heteroatoms. The van der Waals surface area contributed by atoms with Crippen LogP contribution in [0.3, 0.4) is 0 Å². The van der Waals surface area contributed by atoms with Gasteiger partial charge in [0.2, 0.25) is 0 Å². The molecule has 0 aliphatic carbocycles. The average Bonchev–Trinajstić information content (AvgIpc) is 3.18. The minimum absolute atomic E-state index is 0.277. The Labute approximate surface area is 208 Å². The molecular weight excluding hydrogens is 466 g/mol. The van der Waals surface area contributed by atoms with Gasteiger partial charge in [-0.2, -0.15) is 9.36 Å². The van der Waals surface area contributed by atoms with E-state index >= 15 is 0 Å². The van der Waals surface area contributed by atoms with Gasteiger partial charge in [0.1, 0.15) is 19.0 Å². The van der Waals surface area contributed by atoms with Gasteiger partial charge in [-0.15, -0.1) is 0 Å². The van der Waals surface area contributed by atoms with E-state index in [0.717, 1.165) is 39.3 Å². The zero-order chi connectivity index (χ0) is 24.9. The molecular formula is C26H26ClN5O3. The van der Waals surface area contributed by atoms with E-state index in [4.69, 9.17) is 21.2 Å². The Bertz CT molecular complexity index is 1440. The Kier molecular flexibility index (Phi) is 7.31. The van der Waals surface area contributed by atoms with Gasteiger partial charge < -0.3 is 9.57 Å². The molecule has 1 aromatic heterocycles. The lowest BCUT2D eigenvalue weighted by molar-refractivity contribution is 0.130. The van der Waals surface area contributed by atoms with Crippen molar-refractivity contribution in [1.82, 2.24) is 19.8 Å².